The first-order chi connectivity index (χ1) is 31.3. The van der Waals surface area contributed by atoms with Gasteiger partial charge in [-0.1, -0.05) is 30.7 Å². The van der Waals surface area contributed by atoms with Crippen LogP contribution in [0.15, 0.2) is 106 Å². The molecule has 14 nitrogen and oxygen atoms in total. The van der Waals surface area contributed by atoms with Gasteiger partial charge in [-0.2, -0.15) is 0 Å². The van der Waals surface area contributed by atoms with E-state index in [4.69, 9.17) is 21.6 Å². The van der Waals surface area contributed by atoms with Crippen LogP contribution < -0.4 is 26.1 Å². The fourth-order valence-electron chi connectivity index (χ4n) is 8.44. The highest BCUT2D eigenvalue weighted by atomic mass is 32.2. The number of aromatic nitrogens is 2. The van der Waals surface area contributed by atoms with Gasteiger partial charge in [0.05, 0.1) is 33.7 Å². The number of carbonyl (C=O) groups is 2. The third kappa shape index (κ3) is 10.9. The number of thiocarbonyl (C=S) groups is 1. The number of nitrogens with zero attached hydrogens (tertiary/aromatic N) is 1. The van der Waals surface area contributed by atoms with Crippen LogP contribution in [-0.4, -0.2) is 57.9 Å². The molecular weight excluding hydrogens is 872 g/mol. The monoisotopic (exact) mass is 918 g/mol. The van der Waals surface area contributed by atoms with Gasteiger partial charge < -0.3 is 35.6 Å². The van der Waals surface area contributed by atoms with Gasteiger partial charge in [-0.25, -0.2) is 22.6 Å². The molecule has 2 heterocycles. The maximum Gasteiger partial charge on any atom is 0.337 e. The largest absolute Gasteiger partial charge is 0.508 e. The van der Waals surface area contributed by atoms with Gasteiger partial charge in [-0.05, 0) is 123 Å². The molecule has 3 aliphatic rings. The molecule has 7 N–H and O–H groups in total. The molecule has 0 radical (unpaired) electrons. The van der Waals surface area contributed by atoms with Crippen molar-refractivity contribution in [3.8, 4) is 28.2 Å². The number of sulfonamides is 1. The van der Waals surface area contributed by atoms with E-state index in [-0.39, 0.29) is 57.5 Å². The van der Waals surface area contributed by atoms with E-state index in [9.17, 15) is 37.4 Å². The number of H-pyrrole nitrogens is 1. The van der Waals surface area contributed by atoms with Gasteiger partial charge >= 0.3 is 5.97 Å². The maximum absolute atomic E-state index is 13.9. The van der Waals surface area contributed by atoms with Crippen molar-refractivity contribution >= 4 is 72.6 Å². The molecule has 1 saturated carbocycles. The maximum atomic E-state index is 13.9. The molecule has 2 aliphatic carbocycles. The van der Waals surface area contributed by atoms with Crippen molar-refractivity contribution in [2.45, 2.75) is 57.9 Å². The lowest BCUT2D eigenvalue weighted by Gasteiger charge is -2.27. The van der Waals surface area contributed by atoms with E-state index in [1.165, 1.54) is 36.4 Å². The number of aromatic amines is 1. The van der Waals surface area contributed by atoms with Gasteiger partial charge in [0, 0.05) is 59.6 Å². The van der Waals surface area contributed by atoms with Crippen LogP contribution in [0.5, 0.6) is 5.75 Å². The molecule has 1 amide bonds. The van der Waals surface area contributed by atoms with Crippen LogP contribution in [0.4, 0.5) is 15.8 Å². The number of carboxylic acid groups (broad SMARTS) is 1. The number of unbranched alkanes of at least 4 members (excludes halogenated alkanes) is 2. The van der Waals surface area contributed by atoms with Crippen LogP contribution in [0.1, 0.15) is 66.7 Å². The molecule has 0 unspecified atom stereocenters. The number of aromatic carboxylic acids is 1. The van der Waals surface area contributed by atoms with Crippen LogP contribution in [0.2, 0.25) is 0 Å². The van der Waals surface area contributed by atoms with E-state index < -0.39 is 16.0 Å². The standard InChI is InChI=1S/C48H47FN6O8S2/c49-38-7-3-2-6-31(38)27-51-46(58)29-10-8-28(9-11-29)22-44-52-40-19-13-32(24-41(40)53-44)55-65(61,62)21-5-1-4-20-50-48(64)54-39-18-12-30(23-37(39)47(59)60)45-35-16-14-33(56)25-42(35)63-43-26-34(57)15-17-36(43)45/h2-3,6-7,12-19,23-26,28-29,55-56H,1,4-5,8-11,20-22,27H2,(H,51,58)(H,52,53)(H,59,60)(H2,50,54,64). The second-order valence-corrected chi connectivity index (χ2v) is 18.6. The highest BCUT2D eigenvalue weighted by Crippen LogP contribution is 2.41. The molecule has 336 valence electrons. The second kappa shape index (κ2) is 19.5. The van der Waals surface area contributed by atoms with Gasteiger partial charge in [0.15, 0.2) is 10.5 Å². The summed E-state index contributed by atoms with van der Waals surface area (Å²) in [5, 5.41) is 30.0. The van der Waals surface area contributed by atoms with Gasteiger partial charge in [0.1, 0.15) is 28.7 Å². The topological polar surface area (TPSA) is 216 Å². The Labute approximate surface area is 379 Å². The quantitative estimate of drug-likeness (QED) is 0.0276. The number of aromatic hydroxyl groups is 1. The predicted octanol–water partition coefficient (Wildman–Crippen LogP) is 8.55. The van der Waals surface area contributed by atoms with Crippen molar-refractivity contribution in [2.75, 3.05) is 22.3 Å². The van der Waals surface area contributed by atoms with E-state index >= 15 is 0 Å². The van der Waals surface area contributed by atoms with Gasteiger partial charge in [0.2, 0.25) is 15.9 Å². The first-order valence-electron chi connectivity index (χ1n) is 21.4. The van der Waals surface area contributed by atoms with Crippen molar-refractivity contribution < 1.29 is 37.0 Å². The predicted molar refractivity (Wildman–Crippen MR) is 252 cm³/mol. The number of rotatable bonds is 16. The third-order valence-corrected chi connectivity index (χ3v) is 13.4. The summed E-state index contributed by atoms with van der Waals surface area (Å²) < 4.78 is 48.5. The lowest BCUT2D eigenvalue weighted by molar-refractivity contribution is -0.126. The molecule has 4 aromatic carbocycles. The zero-order valence-corrected chi connectivity index (χ0v) is 36.8. The SMILES string of the molecule is O=C(O)c1cc(-c2c3ccc(=O)cc-3oc3cc(O)ccc23)ccc1NC(=S)NCCCCCS(=O)(=O)Nc1ccc2nc(CC3CCC(C(=O)NCc4ccccc4F)CC3)[nH]c2c1. The molecule has 65 heavy (non-hydrogen) atoms. The van der Waals surface area contributed by atoms with Gasteiger partial charge in [-0.15, -0.1) is 0 Å². The molecule has 8 rings (SSSR count). The number of halogens is 1. The number of phenols is 1. The van der Waals surface area contributed by atoms with Gasteiger partial charge in [-0.3, -0.25) is 14.3 Å². The lowest BCUT2D eigenvalue weighted by atomic mass is 9.80. The molecule has 1 aliphatic heterocycles. The van der Waals surface area contributed by atoms with Crippen LogP contribution >= 0.6 is 12.2 Å². The smallest absolute Gasteiger partial charge is 0.337 e. The Morgan fingerprint density at radius 1 is 0.908 bits per heavy atom. The Morgan fingerprint density at radius 2 is 1.72 bits per heavy atom. The Morgan fingerprint density at radius 3 is 2.52 bits per heavy atom. The van der Waals surface area contributed by atoms with E-state index in [1.54, 1.807) is 60.7 Å². The molecule has 17 heteroatoms. The van der Waals surface area contributed by atoms with Crippen LogP contribution in [0.25, 0.3) is 44.5 Å². The molecule has 0 bridgehead atoms. The second-order valence-electron chi connectivity index (χ2n) is 16.4. The van der Waals surface area contributed by atoms with E-state index in [1.807, 2.05) is 0 Å². The molecule has 0 atom stereocenters. The zero-order chi connectivity index (χ0) is 45.7. The summed E-state index contributed by atoms with van der Waals surface area (Å²) in [4.78, 5) is 45.4. The van der Waals surface area contributed by atoms with Crippen LogP contribution in [0, 0.1) is 17.7 Å². The van der Waals surface area contributed by atoms with Crippen LogP contribution in [-0.2, 0) is 27.8 Å². The summed E-state index contributed by atoms with van der Waals surface area (Å²) in [7, 11) is -3.64. The van der Waals surface area contributed by atoms with E-state index in [0.717, 1.165) is 42.5 Å². The fraction of sp³-hybridized carbons (Fsp3) is 0.271. The number of imidazole rings is 1. The van der Waals surface area contributed by atoms with Crippen molar-refractivity contribution in [1.82, 2.24) is 20.6 Å². The Hall–Kier alpha value is -6.85. The molecule has 1 aromatic heterocycles. The Bertz CT molecular complexity index is 3060. The number of benzene rings is 5. The van der Waals surface area contributed by atoms with Gasteiger partial charge in [0.25, 0.3) is 0 Å². The highest BCUT2D eigenvalue weighted by Gasteiger charge is 2.27. The van der Waals surface area contributed by atoms with E-state index in [2.05, 4.69) is 25.7 Å². The number of carbonyl (C=O) groups excluding carboxylic acids is 1. The van der Waals surface area contributed by atoms with Crippen molar-refractivity contribution in [3.05, 3.63) is 130 Å². The summed E-state index contributed by atoms with van der Waals surface area (Å²) in [5.41, 5.74) is 4.41. The van der Waals surface area contributed by atoms with E-state index in [0.29, 0.717) is 82.8 Å². The number of amides is 1. The van der Waals surface area contributed by atoms with Crippen molar-refractivity contribution in [3.63, 3.8) is 0 Å². The highest BCUT2D eigenvalue weighted by molar-refractivity contribution is 7.92. The number of hydrogen-bond acceptors (Lipinski definition) is 9. The van der Waals surface area contributed by atoms with Crippen molar-refractivity contribution in [1.29, 1.82) is 0 Å². The average molecular weight is 919 g/mol. The lowest BCUT2D eigenvalue weighted by Crippen LogP contribution is -2.33. The summed E-state index contributed by atoms with van der Waals surface area (Å²) in [6.45, 7) is 0.593. The van der Waals surface area contributed by atoms with Crippen molar-refractivity contribution in [2.24, 2.45) is 11.8 Å². The summed E-state index contributed by atoms with van der Waals surface area (Å²) in [6.07, 6.45) is 5.55. The third-order valence-electron chi connectivity index (χ3n) is 11.8. The number of nitrogens with one attached hydrogen (secondary N) is 5. The first-order valence-corrected chi connectivity index (χ1v) is 23.5. The first kappa shape index (κ1) is 44.7. The number of carboxylic acids is 1. The minimum absolute atomic E-state index is 0.0253. The molecule has 0 spiro atoms. The minimum Gasteiger partial charge on any atom is -0.508 e. The summed E-state index contributed by atoms with van der Waals surface area (Å²) >= 11 is 5.47. The normalized spacial score (nSPS) is 15.2. The molecule has 0 saturated heterocycles. The Kier molecular flexibility index (Phi) is 13.4. The average Bonchev–Trinajstić information content (AvgIpc) is 3.68. The number of fused-ring (bicyclic) bond motifs is 3. The number of phenolic OH excluding ortho intramolecular Hbond substituents is 1. The van der Waals surface area contributed by atoms with Crippen LogP contribution in [0.3, 0.4) is 0 Å². The number of anilines is 2. The summed E-state index contributed by atoms with van der Waals surface area (Å²) in [5.74, 6) is -0.331. The zero-order valence-electron chi connectivity index (χ0n) is 35.2. The Balaban J connectivity index is 0.779. The molecule has 5 aromatic rings. The summed E-state index contributed by atoms with van der Waals surface area (Å²) in [6, 6.07) is 25.5. The minimum atomic E-state index is -3.64. The molecule has 1 fully saturated rings. The fourth-order valence-corrected chi connectivity index (χ4v) is 9.83. The molecular formula is C48H47FN6O8S2. The number of hydrogen-bond donors (Lipinski definition) is 7.